The Morgan fingerprint density at radius 3 is 2.39 bits per heavy atom. The third-order valence-corrected chi connectivity index (χ3v) is 5.64. The molecule has 1 fully saturated rings. The first-order valence-electron chi connectivity index (χ1n) is 9.42. The van der Waals surface area contributed by atoms with Crippen LogP contribution in [0.1, 0.15) is 39.9 Å². The quantitative estimate of drug-likeness (QED) is 0.872. The number of hydrogen-bond donors (Lipinski definition) is 1. The molecule has 4 rings (SSSR count). The van der Waals surface area contributed by atoms with Crippen LogP contribution in [-0.4, -0.2) is 41.2 Å². The van der Waals surface area contributed by atoms with Crippen LogP contribution in [0, 0.1) is 19.7 Å². The summed E-state index contributed by atoms with van der Waals surface area (Å²) in [4.78, 5) is 31.6. The first-order valence-corrected chi connectivity index (χ1v) is 9.42. The Hall–Kier alpha value is -3.02. The van der Waals surface area contributed by atoms with E-state index in [1.807, 2.05) is 32.0 Å². The molecule has 0 aromatic heterocycles. The minimum atomic E-state index is -0.648. The Morgan fingerprint density at radius 2 is 1.75 bits per heavy atom. The number of aliphatic imine (C=N–C) groups is 1. The minimum Gasteiger partial charge on any atom is -0.338 e. The van der Waals surface area contributed by atoms with Crippen molar-refractivity contribution >= 4 is 17.5 Å². The molecule has 0 unspecified atom stereocenters. The summed E-state index contributed by atoms with van der Waals surface area (Å²) in [6, 6.07) is 11.5. The number of carbonyl (C=O) groups excluding carboxylic acids is 2. The Labute approximate surface area is 163 Å². The number of carbonyl (C=O) groups is 2. The van der Waals surface area contributed by atoms with E-state index < -0.39 is 5.66 Å². The highest BCUT2D eigenvalue weighted by atomic mass is 19.1. The van der Waals surface area contributed by atoms with Crippen LogP contribution in [0.4, 0.5) is 4.39 Å². The largest absolute Gasteiger partial charge is 0.338 e. The zero-order valence-electron chi connectivity index (χ0n) is 16.0. The molecule has 1 N–H and O–H groups in total. The number of hydrogen-bond acceptors (Lipinski definition) is 3. The standard InChI is InChI=1S/C22H22FN3O2/c1-14-3-4-17(13-15(14)2)19-20(27)25-22(24-19)9-11-26(12-10-22)21(28)16-5-7-18(23)8-6-16/h3-8,13H,9-12H2,1-2H3,(H,25,27). The second kappa shape index (κ2) is 6.86. The fraction of sp³-hybridized carbons (Fsp3) is 0.318. The van der Waals surface area contributed by atoms with E-state index in [-0.39, 0.29) is 17.6 Å². The maximum Gasteiger partial charge on any atom is 0.272 e. The average Bonchev–Trinajstić information content (AvgIpc) is 3.00. The van der Waals surface area contributed by atoms with Crippen molar-refractivity contribution in [3.05, 3.63) is 70.5 Å². The van der Waals surface area contributed by atoms with Crippen molar-refractivity contribution in [1.29, 1.82) is 0 Å². The van der Waals surface area contributed by atoms with Crippen molar-refractivity contribution in [2.75, 3.05) is 13.1 Å². The predicted octanol–water partition coefficient (Wildman–Crippen LogP) is 2.99. The summed E-state index contributed by atoms with van der Waals surface area (Å²) >= 11 is 0. The van der Waals surface area contributed by atoms with Crippen LogP contribution in [0.3, 0.4) is 0 Å². The monoisotopic (exact) mass is 379 g/mol. The van der Waals surface area contributed by atoms with Gasteiger partial charge in [-0.25, -0.2) is 4.39 Å². The Morgan fingerprint density at radius 1 is 1.07 bits per heavy atom. The molecule has 0 atom stereocenters. The summed E-state index contributed by atoms with van der Waals surface area (Å²) in [6.45, 7) is 5.02. The van der Waals surface area contributed by atoms with Crippen LogP contribution >= 0.6 is 0 Å². The molecule has 1 spiro atoms. The van der Waals surface area contributed by atoms with Gasteiger partial charge in [-0.1, -0.05) is 12.1 Å². The Balaban J connectivity index is 1.50. The number of amides is 2. The summed E-state index contributed by atoms with van der Waals surface area (Å²) in [5.74, 6) is -0.657. The van der Waals surface area contributed by atoms with E-state index in [1.165, 1.54) is 29.8 Å². The van der Waals surface area contributed by atoms with Gasteiger partial charge in [0.25, 0.3) is 11.8 Å². The normalized spacial score (nSPS) is 18.2. The average molecular weight is 379 g/mol. The third kappa shape index (κ3) is 3.30. The van der Waals surface area contributed by atoms with Crippen LogP contribution in [0.2, 0.25) is 0 Å². The van der Waals surface area contributed by atoms with E-state index in [4.69, 9.17) is 4.99 Å². The molecular weight excluding hydrogens is 357 g/mol. The molecule has 2 aliphatic heterocycles. The van der Waals surface area contributed by atoms with Crippen LogP contribution in [-0.2, 0) is 4.79 Å². The summed E-state index contributed by atoms with van der Waals surface area (Å²) in [6.07, 6.45) is 1.11. The molecule has 28 heavy (non-hydrogen) atoms. The number of aryl methyl sites for hydroxylation is 2. The van der Waals surface area contributed by atoms with E-state index in [0.717, 1.165) is 11.1 Å². The van der Waals surface area contributed by atoms with E-state index in [9.17, 15) is 14.0 Å². The zero-order chi connectivity index (χ0) is 19.9. The van der Waals surface area contributed by atoms with E-state index in [0.29, 0.717) is 37.2 Å². The Bertz CT molecular complexity index is 974. The summed E-state index contributed by atoms with van der Waals surface area (Å²) in [5.41, 5.74) is 3.39. The number of piperidine rings is 1. The van der Waals surface area contributed by atoms with Crippen molar-refractivity contribution in [1.82, 2.24) is 10.2 Å². The molecule has 0 bridgehead atoms. The first kappa shape index (κ1) is 18.3. The number of nitrogens with zero attached hydrogens (tertiary/aromatic N) is 2. The third-order valence-electron chi connectivity index (χ3n) is 5.64. The molecule has 0 radical (unpaired) electrons. The lowest BCUT2D eigenvalue weighted by atomic mass is 9.97. The second-order valence-corrected chi connectivity index (χ2v) is 7.54. The van der Waals surface area contributed by atoms with E-state index in [1.54, 1.807) is 4.90 Å². The molecule has 2 heterocycles. The fourth-order valence-corrected chi connectivity index (χ4v) is 3.74. The summed E-state index contributed by atoms with van der Waals surface area (Å²) < 4.78 is 13.1. The van der Waals surface area contributed by atoms with Crippen molar-refractivity contribution in [2.45, 2.75) is 32.4 Å². The van der Waals surface area contributed by atoms with Crippen LogP contribution in [0.5, 0.6) is 0 Å². The summed E-state index contributed by atoms with van der Waals surface area (Å²) in [5, 5.41) is 3.03. The van der Waals surface area contributed by atoms with Crippen molar-refractivity contribution in [3.63, 3.8) is 0 Å². The second-order valence-electron chi connectivity index (χ2n) is 7.54. The lowest BCUT2D eigenvalue weighted by molar-refractivity contribution is -0.115. The van der Waals surface area contributed by atoms with Gasteiger partial charge in [-0.05, 0) is 55.3 Å². The smallest absolute Gasteiger partial charge is 0.272 e. The number of rotatable bonds is 2. The minimum absolute atomic E-state index is 0.127. The first-order chi connectivity index (χ1) is 13.4. The van der Waals surface area contributed by atoms with Gasteiger partial charge in [0.1, 0.15) is 17.2 Å². The molecule has 1 saturated heterocycles. The molecule has 2 aromatic rings. The van der Waals surface area contributed by atoms with Gasteiger partial charge in [0.2, 0.25) is 0 Å². The van der Waals surface area contributed by atoms with Crippen LogP contribution < -0.4 is 5.32 Å². The number of nitrogens with one attached hydrogen (secondary N) is 1. The van der Waals surface area contributed by atoms with Gasteiger partial charge in [0, 0.05) is 37.1 Å². The number of halogens is 1. The molecule has 2 amide bonds. The highest BCUT2D eigenvalue weighted by Gasteiger charge is 2.43. The maximum atomic E-state index is 13.1. The Kier molecular flexibility index (Phi) is 4.49. The van der Waals surface area contributed by atoms with Crippen molar-refractivity contribution in [3.8, 4) is 0 Å². The lowest BCUT2D eigenvalue weighted by Gasteiger charge is -2.37. The van der Waals surface area contributed by atoms with E-state index >= 15 is 0 Å². The molecule has 2 aromatic carbocycles. The maximum absolute atomic E-state index is 13.1. The zero-order valence-corrected chi connectivity index (χ0v) is 16.0. The van der Waals surface area contributed by atoms with Gasteiger partial charge in [-0.2, -0.15) is 0 Å². The van der Waals surface area contributed by atoms with Gasteiger partial charge >= 0.3 is 0 Å². The number of benzene rings is 2. The van der Waals surface area contributed by atoms with Gasteiger partial charge < -0.3 is 10.2 Å². The van der Waals surface area contributed by atoms with Gasteiger partial charge in [-0.3, -0.25) is 14.6 Å². The van der Waals surface area contributed by atoms with Crippen molar-refractivity contribution in [2.24, 2.45) is 4.99 Å². The molecule has 144 valence electrons. The predicted molar refractivity (Wildman–Crippen MR) is 105 cm³/mol. The highest BCUT2D eigenvalue weighted by Crippen LogP contribution is 2.29. The topological polar surface area (TPSA) is 61.8 Å². The lowest BCUT2D eigenvalue weighted by Crippen LogP contribution is -2.52. The summed E-state index contributed by atoms with van der Waals surface area (Å²) in [7, 11) is 0. The highest BCUT2D eigenvalue weighted by molar-refractivity contribution is 6.46. The van der Waals surface area contributed by atoms with Gasteiger partial charge in [-0.15, -0.1) is 0 Å². The molecule has 0 saturated carbocycles. The van der Waals surface area contributed by atoms with E-state index in [2.05, 4.69) is 5.32 Å². The fourth-order valence-electron chi connectivity index (χ4n) is 3.74. The van der Waals surface area contributed by atoms with Crippen molar-refractivity contribution < 1.29 is 14.0 Å². The molecule has 0 aliphatic carbocycles. The molecule has 5 nitrogen and oxygen atoms in total. The SMILES string of the molecule is Cc1ccc(C2=NC3(CCN(C(=O)c4ccc(F)cc4)CC3)NC2=O)cc1C. The van der Waals surface area contributed by atoms with Gasteiger partial charge in [0.15, 0.2) is 0 Å². The molecular formula is C22H22FN3O2. The van der Waals surface area contributed by atoms with Crippen LogP contribution in [0.15, 0.2) is 47.5 Å². The molecule has 2 aliphatic rings. The number of likely N-dealkylation sites (tertiary alicyclic amines) is 1. The van der Waals surface area contributed by atoms with Crippen LogP contribution in [0.25, 0.3) is 0 Å². The molecule has 6 heteroatoms. The van der Waals surface area contributed by atoms with Gasteiger partial charge in [0.05, 0.1) is 0 Å².